The predicted octanol–water partition coefficient (Wildman–Crippen LogP) is 5.11. The highest BCUT2D eigenvalue weighted by Crippen LogP contribution is 2.34. The lowest BCUT2D eigenvalue weighted by atomic mass is 9.93. The van der Waals surface area contributed by atoms with E-state index < -0.39 is 21.6 Å². The zero-order valence-corrected chi connectivity index (χ0v) is 19.7. The van der Waals surface area contributed by atoms with Crippen LogP contribution in [0.25, 0.3) is 11.1 Å². The van der Waals surface area contributed by atoms with Crippen LogP contribution in [0.15, 0.2) is 102 Å². The van der Waals surface area contributed by atoms with Crippen molar-refractivity contribution in [2.75, 3.05) is 11.4 Å². The summed E-state index contributed by atoms with van der Waals surface area (Å²) in [5, 5.41) is 9.55. The Bertz CT molecular complexity index is 1440. The molecule has 0 saturated heterocycles. The zero-order chi connectivity index (χ0) is 24.4. The van der Waals surface area contributed by atoms with Crippen molar-refractivity contribution in [2.45, 2.75) is 23.9 Å². The molecule has 4 aromatic carbocycles. The van der Waals surface area contributed by atoms with Crippen molar-refractivity contribution in [2.24, 2.45) is 0 Å². The van der Waals surface area contributed by atoms with Crippen molar-refractivity contribution in [3.63, 3.8) is 0 Å². The van der Waals surface area contributed by atoms with E-state index in [-0.39, 0.29) is 10.9 Å². The maximum atomic E-state index is 14.0. The number of sulfonamides is 1. The van der Waals surface area contributed by atoms with E-state index in [9.17, 15) is 17.9 Å². The third-order valence-corrected chi connectivity index (χ3v) is 7.74. The molecule has 0 saturated carbocycles. The van der Waals surface area contributed by atoms with Crippen LogP contribution in [-0.4, -0.2) is 26.1 Å². The Labute approximate surface area is 204 Å². The molecule has 0 bridgehead atoms. The summed E-state index contributed by atoms with van der Waals surface area (Å²) in [6.45, 7) is 1.14. The third kappa shape index (κ3) is 5.06. The molecule has 2 N–H and O–H groups in total. The highest BCUT2D eigenvalue weighted by molar-refractivity contribution is 7.89. The molecular weight excluding hydrogens is 463 g/mol. The summed E-state index contributed by atoms with van der Waals surface area (Å²) in [5.41, 5.74) is 4.55. The molecule has 1 heterocycles. The minimum absolute atomic E-state index is 0.230. The zero-order valence-electron chi connectivity index (χ0n) is 18.9. The molecular formula is C28H25FN2O3S. The topological polar surface area (TPSA) is 69.6 Å². The number of nitrogens with zero attached hydrogens (tertiary/aromatic N) is 1. The van der Waals surface area contributed by atoms with Gasteiger partial charge in [0.25, 0.3) is 0 Å². The molecule has 1 unspecified atom stereocenters. The molecule has 0 aromatic heterocycles. The van der Waals surface area contributed by atoms with Gasteiger partial charge in [-0.2, -0.15) is 0 Å². The van der Waals surface area contributed by atoms with Gasteiger partial charge in [-0.05, 0) is 65.1 Å². The van der Waals surface area contributed by atoms with Gasteiger partial charge in [-0.1, -0.05) is 60.7 Å². The van der Waals surface area contributed by atoms with Crippen LogP contribution in [0.1, 0.15) is 11.1 Å². The first-order valence-corrected chi connectivity index (χ1v) is 12.9. The first kappa shape index (κ1) is 23.1. The van der Waals surface area contributed by atoms with Crippen LogP contribution in [0.2, 0.25) is 0 Å². The average Bonchev–Trinajstić information content (AvgIpc) is 2.86. The second-order valence-electron chi connectivity index (χ2n) is 8.71. The van der Waals surface area contributed by atoms with Crippen LogP contribution in [-0.2, 0) is 23.0 Å². The molecule has 0 radical (unpaired) electrons. The van der Waals surface area contributed by atoms with Crippen LogP contribution in [0.3, 0.4) is 0 Å². The fourth-order valence-corrected chi connectivity index (χ4v) is 5.79. The van der Waals surface area contributed by atoms with Crippen LogP contribution in [0.4, 0.5) is 10.1 Å². The normalized spacial score (nSPS) is 15.6. The quantitative estimate of drug-likeness (QED) is 0.396. The predicted molar refractivity (Wildman–Crippen MR) is 135 cm³/mol. The summed E-state index contributed by atoms with van der Waals surface area (Å²) in [7, 11) is -3.69. The first-order chi connectivity index (χ1) is 16.9. The van der Waals surface area contributed by atoms with Crippen molar-refractivity contribution in [3.05, 3.63) is 114 Å². The smallest absolute Gasteiger partial charge is 0.240 e. The van der Waals surface area contributed by atoms with Gasteiger partial charge in [0, 0.05) is 24.8 Å². The molecule has 0 amide bonds. The second-order valence-corrected chi connectivity index (χ2v) is 10.4. The third-order valence-electron chi connectivity index (χ3n) is 6.20. The standard InChI is InChI=1S/C28H25FN2O3S/c29-26-17-22(12-14-28(26)32)21-11-13-27-23(15-21)16-24(19-31(27)18-20-7-3-1-4-8-20)30-35(33,34)25-9-5-2-6-10-25/h1-15,17,24,30,32H,16,18-19H2. The Morgan fingerprint density at radius 1 is 0.886 bits per heavy atom. The number of anilines is 1. The van der Waals surface area contributed by atoms with Crippen LogP contribution >= 0.6 is 0 Å². The number of benzene rings is 4. The Morgan fingerprint density at radius 3 is 2.26 bits per heavy atom. The number of fused-ring (bicyclic) bond motifs is 1. The lowest BCUT2D eigenvalue weighted by Crippen LogP contribution is -2.48. The number of phenols is 1. The number of rotatable bonds is 6. The maximum absolute atomic E-state index is 14.0. The summed E-state index contributed by atoms with van der Waals surface area (Å²) in [5.74, 6) is -1.07. The highest BCUT2D eigenvalue weighted by atomic mass is 32.2. The number of aromatic hydroxyl groups is 1. The fraction of sp³-hybridized carbons (Fsp3) is 0.143. The van der Waals surface area contributed by atoms with Crippen LogP contribution < -0.4 is 9.62 Å². The van der Waals surface area contributed by atoms with E-state index in [4.69, 9.17) is 0 Å². The Morgan fingerprint density at radius 2 is 1.54 bits per heavy atom. The van der Waals surface area contributed by atoms with E-state index in [1.807, 2.05) is 48.5 Å². The van der Waals surface area contributed by atoms with E-state index in [2.05, 4.69) is 9.62 Å². The van der Waals surface area contributed by atoms with Crippen LogP contribution in [0, 0.1) is 5.82 Å². The molecule has 1 aliphatic rings. The first-order valence-electron chi connectivity index (χ1n) is 11.4. The summed E-state index contributed by atoms with van der Waals surface area (Å²) < 4.78 is 42.9. The van der Waals surface area contributed by atoms with E-state index in [1.165, 1.54) is 12.1 Å². The molecule has 35 heavy (non-hydrogen) atoms. The van der Waals surface area contributed by atoms with Gasteiger partial charge in [0.1, 0.15) is 0 Å². The van der Waals surface area contributed by atoms with Gasteiger partial charge < -0.3 is 10.0 Å². The summed E-state index contributed by atoms with van der Waals surface area (Å²) in [6, 6.07) is 28.2. The number of phenolic OH excluding ortho intramolecular Hbond substituents is 1. The molecule has 0 spiro atoms. The number of nitrogens with one attached hydrogen (secondary N) is 1. The molecule has 1 atom stereocenters. The van der Waals surface area contributed by atoms with E-state index in [0.717, 1.165) is 22.4 Å². The van der Waals surface area contributed by atoms with E-state index in [0.29, 0.717) is 25.1 Å². The monoisotopic (exact) mass is 488 g/mol. The van der Waals surface area contributed by atoms with Crippen molar-refractivity contribution in [3.8, 4) is 16.9 Å². The molecule has 0 aliphatic carbocycles. The Balaban J connectivity index is 1.49. The Hall–Kier alpha value is -3.68. The molecule has 4 aromatic rings. The van der Waals surface area contributed by atoms with Crippen molar-refractivity contribution >= 4 is 15.7 Å². The van der Waals surface area contributed by atoms with Crippen molar-refractivity contribution in [1.29, 1.82) is 0 Å². The second kappa shape index (κ2) is 9.52. The van der Waals surface area contributed by atoms with E-state index >= 15 is 0 Å². The van der Waals surface area contributed by atoms with Gasteiger partial charge in [0.15, 0.2) is 11.6 Å². The van der Waals surface area contributed by atoms with Gasteiger partial charge in [-0.25, -0.2) is 17.5 Å². The molecule has 5 nitrogen and oxygen atoms in total. The highest BCUT2D eigenvalue weighted by Gasteiger charge is 2.29. The van der Waals surface area contributed by atoms with Crippen molar-refractivity contribution < 1.29 is 17.9 Å². The van der Waals surface area contributed by atoms with Gasteiger partial charge in [0.2, 0.25) is 10.0 Å². The van der Waals surface area contributed by atoms with Gasteiger partial charge in [-0.15, -0.1) is 0 Å². The van der Waals surface area contributed by atoms with Gasteiger partial charge in [0.05, 0.1) is 4.90 Å². The largest absolute Gasteiger partial charge is 0.505 e. The van der Waals surface area contributed by atoms with Gasteiger partial charge in [-0.3, -0.25) is 0 Å². The number of hydrogen-bond donors (Lipinski definition) is 2. The lowest BCUT2D eigenvalue weighted by Gasteiger charge is -2.37. The summed E-state index contributed by atoms with van der Waals surface area (Å²) >= 11 is 0. The van der Waals surface area contributed by atoms with Gasteiger partial charge >= 0.3 is 0 Å². The minimum Gasteiger partial charge on any atom is -0.505 e. The maximum Gasteiger partial charge on any atom is 0.240 e. The summed E-state index contributed by atoms with van der Waals surface area (Å²) in [6.07, 6.45) is 0.501. The molecule has 1 aliphatic heterocycles. The molecule has 5 rings (SSSR count). The van der Waals surface area contributed by atoms with Crippen LogP contribution in [0.5, 0.6) is 5.75 Å². The minimum atomic E-state index is -3.69. The molecule has 178 valence electrons. The lowest BCUT2D eigenvalue weighted by molar-refractivity contribution is 0.432. The van der Waals surface area contributed by atoms with Crippen molar-refractivity contribution in [1.82, 2.24) is 4.72 Å². The fourth-order valence-electron chi connectivity index (χ4n) is 4.54. The number of halogens is 1. The van der Waals surface area contributed by atoms with E-state index in [1.54, 1.807) is 36.4 Å². The summed E-state index contributed by atoms with van der Waals surface area (Å²) in [4.78, 5) is 2.40. The number of hydrogen-bond acceptors (Lipinski definition) is 4. The average molecular weight is 489 g/mol. The SMILES string of the molecule is O=S(=O)(NC1Cc2cc(-c3ccc(O)c(F)c3)ccc2N(Cc2ccccc2)C1)c1ccccc1. The Kier molecular flexibility index (Phi) is 6.28. The molecule has 7 heteroatoms. The molecule has 0 fully saturated rings.